The van der Waals surface area contributed by atoms with Gasteiger partial charge in [-0.1, -0.05) is 70.0 Å². The van der Waals surface area contributed by atoms with Crippen LogP contribution >= 0.6 is 27.5 Å². The summed E-state index contributed by atoms with van der Waals surface area (Å²) in [7, 11) is 1.67. The number of hydrazone groups is 1. The zero-order valence-corrected chi connectivity index (χ0v) is 22.3. The summed E-state index contributed by atoms with van der Waals surface area (Å²) in [6.07, 6.45) is 0.719. The molecule has 0 saturated heterocycles. The van der Waals surface area contributed by atoms with Crippen molar-refractivity contribution in [2.45, 2.75) is 12.5 Å². The first kappa shape index (κ1) is 23.6. The summed E-state index contributed by atoms with van der Waals surface area (Å²) in [5.41, 5.74) is 5.79. The number of halogens is 2. The first-order valence-electron chi connectivity index (χ1n) is 11.9. The zero-order valence-electron chi connectivity index (χ0n) is 20.0. The molecule has 0 unspecified atom stereocenters. The quantitative estimate of drug-likeness (QED) is 0.215. The number of aromatic nitrogens is 2. The maximum absolute atomic E-state index is 6.37. The molecule has 7 heteroatoms. The van der Waals surface area contributed by atoms with Crippen LogP contribution in [0.5, 0.6) is 5.75 Å². The van der Waals surface area contributed by atoms with Gasteiger partial charge >= 0.3 is 0 Å². The summed E-state index contributed by atoms with van der Waals surface area (Å²) < 4.78 is 6.37. The fraction of sp³-hybridized carbons (Fsp3) is 0.100. The minimum atomic E-state index is -0.0569. The van der Waals surface area contributed by atoms with Crippen molar-refractivity contribution in [3.05, 3.63) is 118 Å². The van der Waals surface area contributed by atoms with Crippen LogP contribution in [0.15, 0.2) is 107 Å². The Morgan fingerprint density at radius 2 is 1.62 bits per heavy atom. The molecule has 0 saturated carbocycles. The number of hydrogen-bond donors (Lipinski definition) is 0. The third-order valence-corrected chi connectivity index (χ3v) is 7.25. The lowest BCUT2D eigenvalue weighted by Gasteiger charge is -2.23. The molecule has 182 valence electrons. The second kappa shape index (κ2) is 9.96. The van der Waals surface area contributed by atoms with Gasteiger partial charge in [-0.2, -0.15) is 5.10 Å². The monoisotopic (exact) mass is 568 g/mol. The second-order valence-electron chi connectivity index (χ2n) is 8.79. The largest absolute Gasteiger partial charge is 0.497 e. The molecule has 0 fully saturated rings. The van der Waals surface area contributed by atoms with Crippen molar-refractivity contribution in [1.29, 1.82) is 0 Å². The van der Waals surface area contributed by atoms with Gasteiger partial charge in [0.1, 0.15) is 5.75 Å². The second-order valence-corrected chi connectivity index (χ2v) is 10.1. The van der Waals surface area contributed by atoms with Gasteiger partial charge < -0.3 is 4.74 Å². The molecule has 37 heavy (non-hydrogen) atoms. The van der Waals surface area contributed by atoms with Gasteiger partial charge in [-0.25, -0.2) is 15.0 Å². The number of anilines is 1. The molecule has 4 aromatic carbocycles. The van der Waals surface area contributed by atoms with Gasteiger partial charge in [0.25, 0.3) is 0 Å². The summed E-state index contributed by atoms with van der Waals surface area (Å²) in [4.78, 5) is 10.0. The summed E-state index contributed by atoms with van der Waals surface area (Å²) in [6.45, 7) is 0. The molecule has 1 aromatic heterocycles. The Morgan fingerprint density at radius 1 is 0.865 bits per heavy atom. The SMILES string of the molecule is COc1ccc(C2=NN(c3nc(-c4ccccc4)c4cc(Cl)ccc4n3)[C@@H](c3ccc(Br)cc3)C2)cc1. The molecule has 6 rings (SSSR count). The van der Waals surface area contributed by atoms with Gasteiger partial charge in [0.05, 0.1) is 30.1 Å². The topological polar surface area (TPSA) is 50.6 Å². The Labute approximate surface area is 228 Å². The average molecular weight is 570 g/mol. The van der Waals surface area contributed by atoms with Gasteiger partial charge in [0.15, 0.2) is 0 Å². The van der Waals surface area contributed by atoms with E-state index < -0.39 is 0 Å². The van der Waals surface area contributed by atoms with Crippen LogP contribution in [0.1, 0.15) is 23.6 Å². The van der Waals surface area contributed by atoms with Crippen molar-refractivity contribution in [1.82, 2.24) is 9.97 Å². The molecule has 0 bridgehead atoms. The van der Waals surface area contributed by atoms with Crippen LogP contribution in [0.2, 0.25) is 5.02 Å². The molecular weight excluding hydrogens is 548 g/mol. The molecule has 2 heterocycles. The van der Waals surface area contributed by atoms with Crippen LogP contribution in [-0.2, 0) is 0 Å². The number of ether oxygens (including phenoxy) is 1. The number of hydrogen-bond acceptors (Lipinski definition) is 5. The maximum Gasteiger partial charge on any atom is 0.247 e. The zero-order chi connectivity index (χ0) is 25.4. The molecule has 0 amide bonds. The van der Waals surface area contributed by atoms with E-state index in [4.69, 9.17) is 31.4 Å². The number of benzene rings is 4. The predicted molar refractivity (Wildman–Crippen MR) is 153 cm³/mol. The maximum atomic E-state index is 6.37. The lowest BCUT2D eigenvalue weighted by molar-refractivity contribution is 0.415. The van der Waals surface area contributed by atoms with Crippen LogP contribution in [-0.4, -0.2) is 22.8 Å². The first-order chi connectivity index (χ1) is 18.1. The number of fused-ring (bicyclic) bond motifs is 1. The van der Waals surface area contributed by atoms with Crippen LogP contribution < -0.4 is 9.75 Å². The predicted octanol–water partition coefficient (Wildman–Crippen LogP) is 8.08. The molecule has 0 N–H and O–H groups in total. The number of rotatable bonds is 5. The lowest BCUT2D eigenvalue weighted by atomic mass is 9.98. The number of methoxy groups -OCH3 is 1. The summed E-state index contributed by atoms with van der Waals surface area (Å²) in [5.74, 6) is 1.36. The fourth-order valence-corrected chi connectivity index (χ4v) is 5.04. The van der Waals surface area contributed by atoms with E-state index in [2.05, 4.69) is 52.3 Å². The van der Waals surface area contributed by atoms with Crippen LogP contribution in [0.3, 0.4) is 0 Å². The molecule has 5 nitrogen and oxygen atoms in total. The Hall–Kier alpha value is -3.74. The Balaban J connectivity index is 1.52. The summed E-state index contributed by atoms with van der Waals surface area (Å²) >= 11 is 9.92. The standard InChI is InChI=1S/C30H22BrClN4O/c1-37-24-14-9-19(10-15-24)27-18-28(20-7-11-22(31)12-8-20)36(35-27)30-33-26-16-13-23(32)17-25(26)29(34-30)21-5-3-2-4-6-21/h2-17,28H,18H2,1H3/t28-/m1/s1. The molecule has 1 aliphatic rings. The van der Waals surface area contributed by atoms with E-state index in [1.165, 1.54) is 0 Å². The molecule has 1 aliphatic heterocycles. The van der Waals surface area contributed by atoms with Crippen molar-refractivity contribution < 1.29 is 4.74 Å². The van der Waals surface area contributed by atoms with Crippen molar-refractivity contribution >= 4 is 50.1 Å². The van der Waals surface area contributed by atoms with E-state index in [0.29, 0.717) is 11.0 Å². The lowest BCUT2D eigenvalue weighted by Crippen LogP contribution is -2.21. The van der Waals surface area contributed by atoms with E-state index in [-0.39, 0.29) is 6.04 Å². The van der Waals surface area contributed by atoms with Crippen molar-refractivity contribution in [3.8, 4) is 17.0 Å². The Bertz CT molecular complexity index is 1610. The van der Waals surface area contributed by atoms with Gasteiger partial charge in [0, 0.05) is 26.9 Å². The van der Waals surface area contributed by atoms with E-state index in [1.54, 1.807) is 7.11 Å². The first-order valence-corrected chi connectivity index (χ1v) is 13.1. The van der Waals surface area contributed by atoms with E-state index in [0.717, 1.165) is 55.6 Å². The molecule has 0 aliphatic carbocycles. The summed E-state index contributed by atoms with van der Waals surface area (Å²) in [6, 6.07) is 32.1. The molecule has 1 atom stereocenters. The minimum Gasteiger partial charge on any atom is -0.497 e. The van der Waals surface area contributed by atoms with Crippen molar-refractivity contribution in [3.63, 3.8) is 0 Å². The minimum absolute atomic E-state index is 0.0569. The Kier molecular flexibility index (Phi) is 6.37. The van der Waals surface area contributed by atoms with E-state index >= 15 is 0 Å². The van der Waals surface area contributed by atoms with E-state index in [9.17, 15) is 0 Å². The highest BCUT2D eigenvalue weighted by atomic mass is 79.9. The van der Waals surface area contributed by atoms with Gasteiger partial charge in [-0.05, 0) is 65.7 Å². The van der Waals surface area contributed by atoms with Gasteiger partial charge in [-0.15, -0.1) is 0 Å². The molecule has 5 aromatic rings. The van der Waals surface area contributed by atoms with Crippen LogP contribution in [0, 0.1) is 0 Å². The van der Waals surface area contributed by atoms with Crippen molar-refractivity contribution in [2.24, 2.45) is 5.10 Å². The highest BCUT2D eigenvalue weighted by Crippen LogP contribution is 2.38. The van der Waals surface area contributed by atoms with E-state index in [1.807, 2.05) is 65.7 Å². The molecule has 0 radical (unpaired) electrons. The molecular formula is C30H22BrClN4O. The Morgan fingerprint density at radius 3 is 2.35 bits per heavy atom. The third kappa shape index (κ3) is 4.70. The third-order valence-electron chi connectivity index (χ3n) is 6.49. The smallest absolute Gasteiger partial charge is 0.247 e. The normalized spacial score (nSPS) is 15.2. The average Bonchev–Trinajstić information content (AvgIpc) is 3.39. The van der Waals surface area contributed by atoms with Gasteiger partial charge in [0.2, 0.25) is 5.95 Å². The molecule has 0 spiro atoms. The van der Waals surface area contributed by atoms with Crippen molar-refractivity contribution in [2.75, 3.05) is 12.1 Å². The fourth-order valence-electron chi connectivity index (χ4n) is 4.60. The highest BCUT2D eigenvalue weighted by Gasteiger charge is 2.32. The number of nitrogens with zero attached hydrogens (tertiary/aromatic N) is 4. The van der Waals surface area contributed by atoms with Crippen LogP contribution in [0.4, 0.5) is 5.95 Å². The van der Waals surface area contributed by atoms with Crippen LogP contribution in [0.25, 0.3) is 22.2 Å². The highest BCUT2D eigenvalue weighted by molar-refractivity contribution is 9.10. The van der Waals surface area contributed by atoms with Gasteiger partial charge in [-0.3, -0.25) is 0 Å². The summed E-state index contributed by atoms with van der Waals surface area (Å²) in [5, 5.41) is 8.57.